The lowest BCUT2D eigenvalue weighted by atomic mass is 10.1. The Morgan fingerprint density at radius 1 is 1.19 bits per heavy atom. The molecule has 1 aromatic heterocycles. The van der Waals surface area contributed by atoms with Crippen LogP contribution in [0.3, 0.4) is 0 Å². The number of carboxylic acid groups (broad SMARTS) is 1. The SMILES string of the molecule is CC(O)C(NC(=O)c1cccc(-n2cccc2)c1)C(=O)O. The third-order valence-electron chi connectivity index (χ3n) is 3.05. The van der Waals surface area contributed by atoms with Gasteiger partial charge < -0.3 is 20.1 Å². The Hall–Kier alpha value is -2.60. The van der Waals surface area contributed by atoms with Gasteiger partial charge in [0.2, 0.25) is 0 Å². The summed E-state index contributed by atoms with van der Waals surface area (Å²) < 4.78 is 1.83. The van der Waals surface area contributed by atoms with Crippen LogP contribution in [0.4, 0.5) is 0 Å². The number of aliphatic hydroxyl groups is 1. The van der Waals surface area contributed by atoms with Gasteiger partial charge in [0.25, 0.3) is 5.91 Å². The summed E-state index contributed by atoms with van der Waals surface area (Å²) in [6.07, 6.45) is 2.50. The number of aliphatic hydroxyl groups excluding tert-OH is 1. The molecule has 6 nitrogen and oxygen atoms in total. The molecule has 0 spiro atoms. The van der Waals surface area contributed by atoms with E-state index in [-0.39, 0.29) is 0 Å². The van der Waals surface area contributed by atoms with Crippen LogP contribution in [-0.2, 0) is 4.79 Å². The number of rotatable bonds is 5. The summed E-state index contributed by atoms with van der Waals surface area (Å²) in [4.78, 5) is 23.1. The minimum absolute atomic E-state index is 0.327. The van der Waals surface area contributed by atoms with E-state index in [1.807, 2.05) is 35.2 Å². The van der Waals surface area contributed by atoms with Crippen molar-refractivity contribution in [2.75, 3.05) is 0 Å². The largest absolute Gasteiger partial charge is 0.480 e. The molecule has 2 unspecified atom stereocenters. The van der Waals surface area contributed by atoms with Crippen LogP contribution in [0.25, 0.3) is 5.69 Å². The van der Waals surface area contributed by atoms with E-state index in [1.165, 1.54) is 6.92 Å². The van der Waals surface area contributed by atoms with Crippen LogP contribution in [0.1, 0.15) is 17.3 Å². The maximum Gasteiger partial charge on any atom is 0.328 e. The lowest BCUT2D eigenvalue weighted by Gasteiger charge is -2.17. The molecule has 110 valence electrons. The number of aromatic nitrogens is 1. The molecule has 0 aliphatic carbocycles. The first-order valence-corrected chi connectivity index (χ1v) is 6.44. The fourth-order valence-electron chi connectivity index (χ4n) is 1.93. The fraction of sp³-hybridized carbons (Fsp3) is 0.200. The fourth-order valence-corrected chi connectivity index (χ4v) is 1.93. The Labute approximate surface area is 121 Å². The normalized spacial score (nSPS) is 13.4. The van der Waals surface area contributed by atoms with E-state index in [2.05, 4.69) is 5.32 Å². The van der Waals surface area contributed by atoms with Crippen LogP contribution < -0.4 is 5.32 Å². The van der Waals surface area contributed by atoms with Gasteiger partial charge in [-0.1, -0.05) is 6.07 Å². The zero-order chi connectivity index (χ0) is 15.4. The van der Waals surface area contributed by atoms with Gasteiger partial charge in [0, 0.05) is 23.6 Å². The van der Waals surface area contributed by atoms with E-state index in [9.17, 15) is 14.7 Å². The highest BCUT2D eigenvalue weighted by Gasteiger charge is 2.25. The summed E-state index contributed by atoms with van der Waals surface area (Å²) in [7, 11) is 0. The van der Waals surface area contributed by atoms with Crippen molar-refractivity contribution >= 4 is 11.9 Å². The number of hydrogen-bond acceptors (Lipinski definition) is 3. The number of nitrogens with zero attached hydrogens (tertiary/aromatic N) is 1. The molecule has 6 heteroatoms. The summed E-state index contributed by atoms with van der Waals surface area (Å²) in [6, 6.07) is 9.16. The molecule has 0 aliphatic heterocycles. The molecule has 2 atom stereocenters. The molecule has 0 radical (unpaired) electrons. The van der Waals surface area contributed by atoms with Crippen molar-refractivity contribution in [1.82, 2.24) is 9.88 Å². The minimum Gasteiger partial charge on any atom is -0.480 e. The Balaban J connectivity index is 2.20. The molecular weight excluding hydrogens is 272 g/mol. The second kappa shape index (κ2) is 6.23. The zero-order valence-corrected chi connectivity index (χ0v) is 11.4. The highest BCUT2D eigenvalue weighted by Crippen LogP contribution is 2.11. The van der Waals surface area contributed by atoms with Crippen molar-refractivity contribution in [3.63, 3.8) is 0 Å². The van der Waals surface area contributed by atoms with Crippen LogP contribution in [0, 0.1) is 0 Å². The van der Waals surface area contributed by atoms with Crippen LogP contribution in [-0.4, -0.2) is 38.8 Å². The number of carboxylic acids is 1. The van der Waals surface area contributed by atoms with Crippen LogP contribution in [0.5, 0.6) is 0 Å². The first-order valence-electron chi connectivity index (χ1n) is 6.44. The predicted octanol–water partition coefficient (Wildman–Crippen LogP) is 1.04. The van der Waals surface area contributed by atoms with E-state index in [4.69, 9.17) is 5.11 Å². The van der Waals surface area contributed by atoms with Gasteiger partial charge in [0.05, 0.1) is 6.10 Å². The molecule has 2 rings (SSSR count). The molecule has 1 heterocycles. The van der Waals surface area contributed by atoms with Crippen LogP contribution in [0.2, 0.25) is 0 Å². The lowest BCUT2D eigenvalue weighted by Crippen LogP contribution is -2.47. The number of nitrogens with one attached hydrogen (secondary N) is 1. The number of carbonyl (C=O) groups excluding carboxylic acids is 1. The molecule has 0 fully saturated rings. The number of amides is 1. The second-order valence-electron chi connectivity index (χ2n) is 4.67. The number of hydrogen-bond donors (Lipinski definition) is 3. The average Bonchev–Trinajstić information content (AvgIpc) is 2.98. The van der Waals surface area contributed by atoms with E-state index in [0.29, 0.717) is 5.56 Å². The predicted molar refractivity (Wildman–Crippen MR) is 76.3 cm³/mol. The summed E-state index contributed by atoms with van der Waals surface area (Å²) in [6.45, 7) is 1.31. The Morgan fingerprint density at radius 3 is 2.43 bits per heavy atom. The molecule has 0 saturated heterocycles. The first-order chi connectivity index (χ1) is 9.99. The van der Waals surface area contributed by atoms with Gasteiger partial charge in [0.1, 0.15) is 0 Å². The van der Waals surface area contributed by atoms with E-state index < -0.39 is 24.0 Å². The average molecular weight is 288 g/mol. The van der Waals surface area contributed by atoms with Gasteiger partial charge in [-0.15, -0.1) is 0 Å². The molecule has 21 heavy (non-hydrogen) atoms. The van der Waals surface area contributed by atoms with Gasteiger partial charge in [-0.25, -0.2) is 4.79 Å². The molecule has 2 aromatic rings. The molecule has 0 bridgehead atoms. The number of aliphatic carboxylic acids is 1. The Morgan fingerprint density at radius 2 is 1.86 bits per heavy atom. The standard InChI is InChI=1S/C15H16N2O4/c1-10(18)13(15(20)21)16-14(19)11-5-4-6-12(9-11)17-7-2-3-8-17/h2-10,13,18H,1H3,(H,16,19)(H,20,21). The van der Waals surface area contributed by atoms with Gasteiger partial charge in [-0.05, 0) is 37.3 Å². The summed E-state index contributed by atoms with van der Waals surface area (Å²) in [5.74, 6) is -1.82. The van der Waals surface area contributed by atoms with E-state index in [1.54, 1.807) is 18.2 Å². The maximum atomic E-state index is 12.1. The number of carbonyl (C=O) groups is 2. The zero-order valence-electron chi connectivity index (χ0n) is 11.4. The first kappa shape index (κ1) is 14.8. The van der Waals surface area contributed by atoms with Crippen molar-refractivity contribution in [3.8, 4) is 5.69 Å². The van der Waals surface area contributed by atoms with Crippen molar-refractivity contribution in [1.29, 1.82) is 0 Å². The third-order valence-corrected chi connectivity index (χ3v) is 3.05. The van der Waals surface area contributed by atoms with Crippen LogP contribution in [0.15, 0.2) is 48.8 Å². The highest BCUT2D eigenvalue weighted by atomic mass is 16.4. The van der Waals surface area contributed by atoms with E-state index >= 15 is 0 Å². The third kappa shape index (κ3) is 3.49. The molecule has 1 aromatic carbocycles. The summed E-state index contributed by atoms with van der Waals surface area (Å²) in [5.41, 5.74) is 1.12. The molecular formula is C15H16N2O4. The molecule has 1 amide bonds. The Bertz CT molecular complexity index is 635. The lowest BCUT2D eigenvalue weighted by molar-refractivity contribution is -0.141. The van der Waals surface area contributed by atoms with Gasteiger partial charge in [-0.3, -0.25) is 4.79 Å². The van der Waals surface area contributed by atoms with Crippen molar-refractivity contribution in [3.05, 3.63) is 54.4 Å². The number of benzene rings is 1. The molecule has 0 saturated carbocycles. The molecule has 3 N–H and O–H groups in total. The summed E-state index contributed by atoms with van der Waals surface area (Å²) >= 11 is 0. The minimum atomic E-state index is -1.34. The van der Waals surface area contributed by atoms with Crippen molar-refractivity contribution < 1.29 is 19.8 Å². The van der Waals surface area contributed by atoms with Gasteiger partial charge >= 0.3 is 5.97 Å². The van der Waals surface area contributed by atoms with Crippen LogP contribution >= 0.6 is 0 Å². The van der Waals surface area contributed by atoms with Crippen molar-refractivity contribution in [2.45, 2.75) is 19.1 Å². The topological polar surface area (TPSA) is 91.6 Å². The van der Waals surface area contributed by atoms with Gasteiger partial charge in [0.15, 0.2) is 6.04 Å². The highest BCUT2D eigenvalue weighted by molar-refractivity contribution is 5.97. The summed E-state index contributed by atoms with van der Waals surface area (Å²) in [5, 5.41) is 20.7. The monoisotopic (exact) mass is 288 g/mol. The second-order valence-corrected chi connectivity index (χ2v) is 4.67. The Kier molecular flexibility index (Phi) is 4.39. The maximum absolute atomic E-state index is 12.1. The smallest absolute Gasteiger partial charge is 0.328 e. The quantitative estimate of drug-likeness (QED) is 0.766. The van der Waals surface area contributed by atoms with E-state index in [0.717, 1.165) is 5.69 Å². The van der Waals surface area contributed by atoms with Crippen molar-refractivity contribution in [2.24, 2.45) is 0 Å². The van der Waals surface area contributed by atoms with Gasteiger partial charge in [-0.2, -0.15) is 0 Å². The molecule has 0 aliphatic rings.